The number of benzene rings is 1. The normalized spacial score (nSPS) is 13.4. The lowest BCUT2D eigenvalue weighted by Crippen LogP contribution is -2.25. The first kappa shape index (κ1) is 20.8. The van der Waals surface area contributed by atoms with Crippen LogP contribution in [0.25, 0.3) is 10.9 Å². The van der Waals surface area contributed by atoms with Gasteiger partial charge >= 0.3 is 0 Å². The molecule has 5 rings (SSSR count). The van der Waals surface area contributed by atoms with Gasteiger partial charge in [0.15, 0.2) is 0 Å². The summed E-state index contributed by atoms with van der Waals surface area (Å²) in [7, 11) is 0. The number of halogens is 2. The Hall–Kier alpha value is -4.05. The van der Waals surface area contributed by atoms with E-state index in [1.54, 1.807) is 18.2 Å². The summed E-state index contributed by atoms with van der Waals surface area (Å²) < 4.78 is 15.9. The van der Waals surface area contributed by atoms with Crippen LogP contribution < -0.4 is 16.4 Å². The SMILES string of the molecule is Cc1cc(N)nc2c1CNC(=O)c1cnn(Cc3cc(F)c4ncc(Cl)cc4c3)c1C(=O)N2. The molecule has 1 aromatic carbocycles. The number of hydrogen-bond donors (Lipinski definition) is 3. The molecule has 0 aliphatic carbocycles. The van der Waals surface area contributed by atoms with Crippen molar-refractivity contribution in [2.45, 2.75) is 20.0 Å². The number of nitrogens with two attached hydrogens (primary N) is 1. The van der Waals surface area contributed by atoms with E-state index in [4.69, 9.17) is 17.3 Å². The molecule has 1 aliphatic rings. The van der Waals surface area contributed by atoms with Gasteiger partial charge in [-0.15, -0.1) is 0 Å². The molecule has 11 heteroatoms. The van der Waals surface area contributed by atoms with E-state index >= 15 is 0 Å². The Bertz CT molecular complexity index is 1470. The Morgan fingerprint density at radius 2 is 2.00 bits per heavy atom. The van der Waals surface area contributed by atoms with Gasteiger partial charge in [-0.3, -0.25) is 19.3 Å². The van der Waals surface area contributed by atoms with Gasteiger partial charge in [0.05, 0.1) is 23.3 Å². The molecule has 166 valence electrons. The second-order valence-corrected chi connectivity index (χ2v) is 8.13. The van der Waals surface area contributed by atoms with E-state index in [0.717, 1.165) is 5.56 Å². The Kier molecular flexibility index (Phi) is 4.94. The molecule has 0 spiro atoms. The maximum atomic E-state index is 14.6. The highest BCUT2D eigenvalue weighted by atomic mass is 35.5. The summed E-state index contributed by atoms with van der Waals surface area (Å²) in [6, 6.07) is 6.29. The minimum atomic E-state index is -0.579. The van der Waals surface area contributed by atoms with Crippen molar-refractivity contribution < 1.29 is 14.0 Å². The molecule has 0 saturated carbocycles. The number of carbonyl (C=O) groups is 2. The van der Waals surface area contributed by atoms with E-state index in [0.29, 0.717) is 21.5 Å². The molecule has 4 aromatic rings. The number of amides is 2. The monoisotopic (exact) mass is 465 g/mol. The highest BCUT2D eigenvalue weighted by Gasteiger charge is 2.27. The van der Waals surface area contributed by atoms with Gasteiger partial charge in [0, 0.05) is 23.7 Å². The number of nitrogen functional groups attached to an aromatic ring is 1. The Labute approximate surface area is 191 Å². The Morgan fingerprint density at radius 1 is 1.18 bits per heavy atom. The minimum absolute atomic E-state index is 0.0203. The summed E-state index contributed by atoms with van der Waals surface area (Å²) >= 11 is 5.99. The predicted octanol–water partition coefficient (Wildman–Crippen LogP) is 3.05. The lowest BCUT2D eigenvalue weighted by atomic mass is 10.1. The highest BCUT2D eigenvalue weighted by Crippen LogP contribution is 2.25. The smallest absolute Gasteiger partial charge is 0.275 e. The van der Waals surface area contributed by atoms with Crippen LogP contribution in [0.4, 0.5) is 16.0 Å². The van der Waals surface area contributed by atoms with Crippen molar-refractivity contribution >= 4 is 46.0 Å². The van der Waals surface area contributed by atoms with Crippen LogP contribution >= 0.6 is 11.6 Å². The van der Waals surface area contributed by atoms with Gasteiger partial charge in [0.25, 0.3) is 11.8 Å². The van der Waals surface area contributed by atoms with Gasteiger partial charge in [-0.05, 0) is 42.3 Å². The van der Waals surface area contributed by atoms with Crippen molar-refractivity contribution in [3.63, 3.8) is 0 Å². The number of nitrogens with one attached hydrogen (secondary N) is 2. The molecule has 0 fully saturated rings. The van der Waals surface area contributed by atoms with Crippen LogP contribution in [-0.4, -0.2) is 31.6 Å². The van der Waals surface area contributed by atoms with Gasteiger partial charge in [-0.2, -0.15) is 5.10 Å². The number of carbonyl (C=O) groups excluding carboxylic acids is 2. The zero-order valence-corrected chi connectivity index (χ0v) is 18.1. The van der Waals surface area contributed by atoms with Crippen LogP contribution in [0, 0.1) is 12.7 Å². The zero-order chi connectivity index (χ0) is 23.3. The number of aryl methyl sites for hydroxylation is 1. The van der Waals surface area contributed by atoms with E-state index in [1.807, 2.05) is 6.92 Å². The molecule has 33 heavy (non-hydrogen) atoms. The van der Waals surface area contributed by atoms with Gasteiger partial charge in [-0.25, -0.2) is 9.37 Å². The van der Waals surface area contributed by atoms with Crippen molar-refractivity contribution in [2.75, 3.05) is 11.1 Å². The standard InChI is InChI=1S/C22H17ClFN7O2/c1-10-2-17(25)29-20-14(10)7-27-21(32)15-8-28-31(19(15)22(33)30-20)9-11-3-12-5-13(23)6-26-18(12)16(24)4-11/h2-6,8H,7,9H2,1H3,(H,27,32)(H3,25,29,30,33). The van der Waals surface area contributed by atoms with Gasteiger partial charge in [0.1, 0.15) is 28.7 Å². The van der Waals surface area contributed by atoms with E-state index in [2.05, 4.69) is 25.7 Å². The minimum Gasteiger partial charge on any atom is -0.384 e. The molecule has 0 saturated heterocycles. The van der Waals surface area contributed by atoms with Gasteiger partial charge in [0.2, 0.25) is 0 Å². The van der Waals surface area contributed by atoms with Crippen molar-refractivity contribution in [3.05, 3.63) is 75.4 Å². The Balaban J connectivity index is 1.57. The number of hydrogen-bond acceptors (Lipinski definition) is 6. The van der Waals surface area contributed by atoms with Crippen molar-refractivity contribution in [1.29, 1.82) is 0 Å². The molecule has 2 amide bonds. The van der Waals surface area contributed by atoms with E-state index in [1.165, 1.54) is 23.1 Å². The fourth-order valence-corrected chi connectivity index (χ4v) is 4.06. The molecular formula is C22H17ClFN7O2. The van der Waals surface area contributed by atoms with Crippen LogP contribution in [0.5, 0.6) is 0 Å². The lowest BCUT2D eigenvalue weighted by molar-refractivity contribution is 0.0938. The molecule has 4 heterocycles. The second kappa shape index (κ2) is 7.82. The molecule has 0 bridgehead atoms. The topological polar surface area (TPSA) is 128 Å². The first-order chi connectivity index (χ1) is 15.8. The van der Waals surface area contributed by atoms with E-state index < -0.39 is 17.6 Å². The maximum absolute atomic E-state index is 14.6. The first-order valence-corrected chi connectivity index (χ1v) is 10.3. The Morgan fingerprint density at radius 3 is 2.82 bits per heavy atom. The van der Waals surface area contributed by atoms with Crippen LogP contribution in [0.15, 0.2) is 36.7 Å². The average molecular weight is 466 g/mol. The van der Waals surface area contributed by atoms with Crippen molar-refractivity contribution in [2.24, 2.45) is 0 Å². The molecule has 0 atom stereocenters. The fraction of sp³-hybridized carbons (Fsp3) is 0.136. The molecule has 0 unspecified atom stereocenters. The van der Waals surface area contributed by atoms with Crippen molar-refractivity contribution in [1.82, 2.24) is 25.1 Å². The number of fused-ring (bicyclic) bond motifs is 3. The third kappa shape index (κ3) is 3.74. The number of pyridine rings is 2. The summed E-state index contributed by atoms with van der Waals surface area (Å²) in [5, 5.41) is 10.6. The summed E-state index contributed by atoms with van der Waals surface area (Å²) in [6.07, 6.45) is 2.68. The second-order valence-electron chi connectivity index (χ2n) is 7.70. The van der Waals surface area contributed by atoms with E-state index in [9.17, 15) is 14.0 Å². The molecule has 4 N–H and O–H groups in total. The van der Waals surface area contributed by atoms with Crippen molar-refractivity contribution in [3.8, 4) is 0 Å². The fourth-order valence-electron chi connectivity index (χ4n) is 3.89. The first-order valence-electron chi connectivity index (χ1n) is 9.95. The summed E-state index contributed by atoms with van der Waals surface area (Å²) in [6.45, 7) is 2.00. The molecule has 3 aromatic heterocycles. The average Bonchev–Trinajstić information content (AvgIpc) is 3.17. The van der Waals surface area contributed by atoms with Crippen LogP contribution in [-0.2, 0) is 13.1 Å². The zero-order valence-electron chi connectivity index (χ0n) is 17.3. The van der Waals surface area contributed by atoms with E-state index in [-0.39, 0.29) is 41.5 Å². The summed E-state index contributed by atoms with van der Waals surface area (Å²) in [5.41, 5.74) is 8.09. The highest BCUT2D eigenvalue weighted by molar-refractivity contribution is 6.31. The van der Waals surface area contributed by atoms with Crippen LogP contribution in [0.3, 0.4) is 0 Å². The summed E-state index contributed by atoms with van der Waals surface area (Å²) in [5.74, 6) is -1.07. The molecule has 9 nitrogen and oxygen atoms in total. The third-order valence-corrected chi connectivity index (χ3v) is 5.63. The number of anilines is 2. The molecular weight excluding hydrogens is 449 g/mol. The maximum Gasteiger partial charge on any atom is 0.275 e. The number of nitrogens with zero attached hydrogens (tertiary/aromatic N) is 4. The quantitative estimate of drug-likeness (QED) is 0.417. The lowest BCUT2D eigenvalue weighted by Gasteiger charge is -2.13. The van der Waals surface area contributed by atoms with Gasteiger partial charge < -0.3 is 16.4 Å². The number of rotatable bonds is 2. The van der Waals surface area contributed by atoms with Crippen LogP contribution in [0.1, 0.15) is 37.5 Å². The van der Waals surface area contributed by atoms with Crippen LogP contribution in [0.2, 0.25) is 5.02 Å². The third-order valence-electron chi connectivity index (χ3n) is 5.42. The molecule has 1 aliphatic heterocycles. The number of aromatic nitrogens is 4. The summed E-state index contributed by atoms with van der Waals surface area (Å²) in [4.78, 5) is 34.2. The largest absolute Gasteiger partial charge is 0.384 e. The molecule has 0 radical (unpaired) electrons. The predicted molar refractivity (Wildman–Crippen MR) is 121 cm³/mol. The van der Waals surface area contributed by atoms with Gasteiger partial charge in [-0.1, -0.05) is 11.6 Å².